The van der Waals surface area contributed by atoms with E-state index in [0.717, 1.165) is 72.4 Å². The maximum absolute atomic E-state index is 11.3. The molecular weight excluding hydrogens is 444 g/mol. The van der Waals surface area contributed by atoms with Gasteiger partial charge in [-0.25, -0.2) is 0 Å². The fraction of sp³-hybridized carbons (Fsp3) is 0.458. The van der Waals surface area contributed by atoms with E-state index in [0.29, 0.717) is 11.6 Å². The summed E-state index contributed by atoms with van der Waals surface area (Å²) in [6.45, 7) is 5.05. The lowest BCUT2D eigenvalue weighted by atomic mass is 10.0. The molecule has 2 aromatic heterocycles. The van der Waals surface area contributed by atoms with E-state index in [2.05, 4.69) is 20.3 Å². The van der Waals surface area contributed by atoms with Gasteiger partial charge in [0.15, 0.2) is 0 Å². The van der Waals surface area contributed by atoms with Gasteiger partial charge < -0.3 is 19.7 Å². The summed E-state index contributed by atoms with van der Waals surface area (Å²) in [6, 6.07) is 9.95. The number of β-amino-alcohol motifs (C(OH)–C–C–N with tert-alkyl or cyclic N) is 1. The molecular formula is C24H31ClN4O2S. The molecule has 0 amide bonds. The number of piperidine rings is 1. The van der Waals surface area contributed by atoms with Crippen molar-refractivity contribution in [3.8, 4) is 5.69 Å². The summed E-state index contributed by atoms with van der Waals surface area (Å²) >= 11 is 7.75. The first-order valence-electron chi connectivity index (χ1n) is 11.1. The lowest BCUT2D eigenvalue weighted by Gasteiger charge is -2.31. The third kappa shape index (κ3) is 5.14. The third-order valence-corrected chi connectivity index (χ3v) is 6.96. The lowest BCUT2D eigenvalue weighted by Crippen LogP contribution is -2.38. The molecule has 4 rings (SSSR count). The minimum absolute atomic E-state index is 0.224. The van der Waals surface area contributed by atoms with E-state index in [4.69, 9.17) is 16.6 Å². The molecule has 1 fully saturated rings. The largest absolute Gasteiger partial charge is 0.393 e. The summed E-state index contributed by atoms with van der Waals surface area (Å²) in [5.74, 6) is 0. The molecule has 6 nitrogen and oxygen atoms in total. The molecule has 1 aliphatic heterocycles. The Balaban J connectivity index is 1.73. The van der Waals surface area contributed by atoms with Crippen molar-refractivity contribution in [1.82, 2.24) is 19.2 Å². The molecule has 0 spiro atoms. The van der Waals surface area contributed by atoms with E-state index >= 15 is 0 Å². The molecule has 0 bridgehead atoms. The van der Waals surface area contributed by atoms with Gasteiger partial charge in [0.2, 0.25) is 0 Å². The van der Waals surface area contributed by atoms with E-state index in [1.54, 1.807) is 11.9 Å². The van der Waals surface area contributed by atoms with Gasteiger partial charge in [-0.2, -0.15) is 0 Å². The van der Waals surface area contributed by atoms with Gasteiger partial charge in [0.1, 0.15) is 0 Å². The first-order chi connectivity index (χ1) is 15.5. The number of hydrogen-bond donors (Lipinski definition) is 3. The quantitative estimate of drug-likeness (QED) is 0.340. The molecule has 8 heteroatoms. The van der Waals surface area contributed by atoms with Crippen LogP contribution in [0.4, 0.5) is 0 Å². The van der Waals surface area contributed by atoms with Crippen LogP contribution in [-0.2, 0) is 6.42 Å². The van der Waals surface area contributed by atoms with Crippen LogP contribution in [0.5, 0.6) is 0 Å². The smallest absolute Gasteiger partial charge is 0.0955 e. The molecule has 172 valence electrons. The molecule has 0 saturated carbocycles. The number of fused-ring (bicyclic) bond motifs is 1. The van der Waals surface area contributed by atoms with E-state index in [1.165, 1.54) is 0 Å². The van der Waals surface area contributed by atoms with Crippen LogP contribution < -0.4 is 4.72 Å². The van der Waals surface area contributed by atoms with Gasteiger partial charge in [-0.15, -0.1) is 0 Å². The average Bonchev–Trinajstić information content (AvgIpc) is 3.07. The predicted molar refractivity (Wildman–Crippen MR) is 133 cm³/mol. The number of benzene rings is 1. The highest BCUT2D eigenvalue weighted by molar-refractivity contribution is 7.96. The Kier molecular flexibility index (Phi) is 7.76. The number of hydrogen-bond acceptors (Lipinski definition) is 6. The Hall–Kier alpha value is -1.61. The predicted octanol–water partition coefficient (Wildman–Crippen LogP) is 3.89. The Morgan fingerprint density at radius 1 is 1.25 bits per heavy atom. The number of nitrogens with zero attached hydrogens (tertiary/aromatic N) is 3. The lowest BCUT2D eigenvalue weighted by molar-refractivity contribution is 0.0509. The third-order valence-electron chi connectivity index (χ3n) is 6.21. The highest BCUT2D eigenvalue weighted by Gasteiger charge is 2.26. The summed E-state index contributed by atoms with van der Waals surface area (Å²) in [5.41, 5.74) is 5.84. The fourth-order valence-electron chi connectivity index (χ4n) is 4.54. The maximum atomic E-state index is 11.3. The Morgan fingerprint density at radius 2 is 1.97 bits per heavy atom. The topological polar surface area (TPSA) is 73.6 Å². The van der Waals surface area contributed by atoms with Crippen molar-refractivity contribution in [1.29, 1.82) is 0 Å². The number of nitrogens with one attached hydrogen (secondary N) is 1. The van der Waals surface area contributed by atoms with Crippen LogP contribution in [0.25, 0.3) is 16.7 Å². The number of aliphatic hydroxyl groups excluding tert-OH is 2. The first-order valence-corrected chi connectivity index (χ1v) is 12.7. The van der Waals surface area contributed by atoms with E-state index in [9.17, 15) is 10.2 Å². The van der Waals surface area contributed by atoms with Crippen LogP contribution in [0.1, 0.15) is 35.8 Å². The second-order valence-electron chi connectivity index (χ2n) is 8.42. The molecule has 1 atom stereocenters. The van der Waals surface area contributed by atoms with Crippen molar-refractivity contribution in [2.45, 2.75) is 38.4 Å². The van der Waals surface area contributed by atoms with E-state index in [1.807, 2.05) is 43.6 Å². The molecule has 0 aliphatic carbocycles. The summed E-state index contributed by atoms with van der Waals surface area (Å²) in [6.07, 6.45) is 5.45. The Labute approximate surface area is 198 Å². The van der Waals surface area contributed by atoms with Crippen molar-refractivity contribution in [2.24, 2.45) is 0 Å². The van der Waals surface area contributed by atoms with Crippen LogP contribution >= 0.6 is 23.5 Å². The van der Waals surface area contributed by atoms with Gasteiger partial charge in [-0.1, -0.05) is 23.5 Å². The number of rotatable bonds is 8. The number of halogens is 1. The second kappa shape index (κ2) is 10.5. The number of pyridine rings is 1. The molecule has 3 N–H and O–H groups in total. The summed E-state index contributed by atoms with van der Waals surface area (Å²) < 4.78 is 5.45. The highest BCUT2D eigenvalue weighted by atomic mass is 35.5. The van der Waals surface area contributed by atoms with E-state index < -0.39 is 6.10 Å². The fourth-order valence-corrected chi connectivity index (χ4v) is 4.97. The molecule has 1 saturated heterocycles. The minimum atomic E-state index is -0.655. The maximum Gasteiger partial charge on any atom is 0.0955 e. The Morgan fingerprint density at radius 3 is 2.66 bits per heavy atom. The van der Waals surface area contributed by atoms with Gasteiger partial charge in [0, 0.05) is 54.3 Å². The first kappa shape index (κ1) is 23.5. The number of aliphatic hydroxyl groups is 2. The minimum Gasteiger partial charge on any atom is -0.393 e. The molecule has 1 aliphatic rings. The molecule has 1 unspecified atom stereocenters. The normalized spacial score (nSPS) is 16.7. The molecule has 3 heterocycles. The molecule has 32 heavy (non-hydrogen) atoms. The monoisotopic (exact) mass is 474 g/mol. The molecule has 0 radical (unpaired) electrons. The van der Waals surface area contributed by atoms with Gasteiger partial charge >= 0.3 is 0 Å². The van der Waals surface area contributed by atoms with Gasteiger partial charge in [-0.3, -0.25) is 9.71 Å². The summed E-state index contributed by atoms with van der Waals surface area (Å²) in [4.78, 5) is 7.04. The standard InChI is InChI=1S/C24H31ClN4O2S/c1-16-23(22(31)15-28-11-8-20(30)9-12-28)24-21(13-17(14-26-24)7-10-27-32-2)29(16)19-5-3-18(25)4-6-19/h3-6,13-14,20,22,27,30-31H,7-12,15H2,1-2H3. The summed E-state index contributed by atoms with van der Waals surface area (Å²) in [5, 5.41) is 21.8. The zero-order valence-corrected chi connectivity index (χ0v) is 20.2. The van der Waals surface area contributed by atoms with Crippen molar-refractivity contribution >= 4 is 34.6 Å². The number of likely N-dealkylation sites (tertiary alicyclic amines) is 1. The average molecular weight is 475 g/mol. The summed E-state index contributed by atoms with van der Waals surface area (Å²) in [7, 11) is 0. The van der Waals surface area contributed by atoms with Gasteiger partial charge in [0.25, 0.3) is 0 Å². The molecule has 3 aromatic rings. The highest BCUT2D eigenvalue weighted by Crippen LogP contribution is 2.33. The Bertz CT molecular complexity index is 1050. The van der Waals surface area contributed by atoms with Crippen LogP contribution in [0.2, 0.25) is 5.02 Å². The SMILES string of the molecule is CSNCCc1cnc2c(C(O)CN3CCC(O)CC3)c(C)n(-c3ccc(Cl)cc3)c2c1. The van der Waals surface area contributed by atoms with Gasteiger partial charge in [-0.05, 0) is 68.3 Å². The van der Waals surface area contributed by atoms with Crippen molar-refractivity contribution in [3.05, 3.63) is 58.4 Å². The van der Waals surface area contributed by atoms with Crippen LogP contribution in [-0.4, -0.2) is 63.2 Å². The van der Waals surface area contributed by atoms with Crippen LogP contribution in [0, 0.1) is 6.92 Å². The number of aromatic nitrogens is 2. The van der Waals surface area contributed by atoms with Crippen molar-refractivity contribution < 1.29 is 10.2 Å². The van der Waals surface area contributed by atoms with E-state index in [-0.39, 0.29) is 6.10 Å². The van der Waals surface area contributed by atoms with Crippen LogP contribution in [0.3, 0.4) is 0 Å². The zero-order valence-electron chi connectivity index (χ0n) is 18.6. The zero-order chi connectivity index (χ0) is 22.7. The van der Waals surface area contributed by atoms with Crippen LogP contribution in [0.15, 0.2) is 36.5 Å². The molecule has 1 aromatic carbocycles. The second-order valence-corrected chi connectivity index (χ2v) is 9.55. The van der Waals surface area contributed by atoms with Crippen molar-refractivity contribution in [3.63, 3.8) is 0 Å². The van der Waals surface area contributed by atoms with Gasteiger partial charge in [0.05, 0.1) is 23.2 Å². The van der Waals surface area contributed by atoms with Crippen molar-refractivity contribution in [2.75, 3.05) is 32.4 Å².